The Balaban J connectivity index is 1.35. The van der Waals surface area contributed by atoms with E-state index in [4.69, 9.17) is 18.9 Å². The molecule has 2 amide bonds. The van der Waals surface area contributed by atoms with Gasteiger partial charge in [-0.15, -0.1) is 0 Å². The monoisotopic (exact) mass is 1040 g/mol. The van der Waals surface area contributed by atoms with Gasteiger partial charge in [-0.1, -0.05) is 60.7 Å². The third-order valence-corrected chi connectivity index (χ3v) is 15.6. The van der Waals surface area contributed by atoms with Crippen LogP contribution in [0, 0.1) is 23.5 Å². The largest absolute Gasteiger partial charge is 0.497 e. The Morgan fingerprint density at radius 1 is 0.584 bits per heavy atom. The molecular formula is C61H50F2N4O10. The highest BCUT2D eigenvalue weighted by molar-refractivity contribution is 6.22. The second kappa shape index (κ2) is 18.9. The van der Waals surface area contributed by atoms with Gasteiger partial charge in [0.25, 0.3) is 0 Å². The van der Waals surface area contributed by atoms with Gasteiger partial charge in [0.1, 0.15) is 39.7 Å². The van der Waals surface area contributed by atoms with Crippen LogP contribution in [0.5, 0.6) is 11.5 Å². The van der Waals surface area contributed by atoms with E-state index >= 15 is 37.5 Å². The van der Waals surface area contributed by atoms with Crippen LogP contribution in [0.25, 0.3) is 0 Å². The van der Waals surface area contributed by atoms with E-state index in [-0.39, 0.29) is 63.7 Å². The van der Waals surface area contributed by atoms with Crippen molar-refractivity contribution in [2.24, 2.45) is 11.8 Å². The van der Waals surface area contributed by atoms with E-state index in [1.807, 2.05) is 18.2 Å². The van der Waals surface area contributed by atoms with Gasteiger partial charge in [-0.3, -0.25) is 19.2 Å². The summed E-state index contributed by atoms with van der Waals surface area (Å²) in [5.41, 5.74) is -4.29. The first-order chi connectivity index (χ1) is 37.2. The van der Waals surface area contributed by atoms with Gasteiger partial charge in [0.15, 0.2) is 11.6 Å². The Hall–Kier alpha value is -9.18. The maximum absolute atomic E-state index is 17.0. The molecule has 0 aromatic heterocycles. The van der Waals surface area contributed by atoms with Crippen LogP contribution in [0.1, 0.15) is 43.0 Å². The van der Waals surface area contributed by atoms with Crippen molar-refractivity contribution in [3.05, 3.63) is 225 Å². The van der Waals surface area contributed by atoms with Crippen molar-refractivity contribution in [2.45, 2.75) is 30.0 Å². The lowest BCUT2D eigenvalue weighted by Crippen LogP contribution is -2.71. The normalized spacial score (nSPS) is 21.7. The summed E-state index contributed by atoms with van der Waals surface area (Å²) >= 11 is 0. The number of fused-ring (bicyclic) bond motifs is 3. The Kier molecular flexibility index (Phi) is 12.3. The van der Waals surface area contributed by atoms with Crippen molar-refractivity contribution in [2.75, 3.05) is 52.3 Å². The summed E-state index contributed by atoms with van der Waals surface area (Å²) in [5, 5.41) is 0. The first-order valence-electron chi connectivity index (χ1n) is 24.7. The quantitative estimate of drug-likeness (QED) is 0.0809. The number of nitrogens with zero attached hydrogens (tertiary/aromatic N) is 4. The molecule has 5 aliphatic heterocycles. The highest BCUT2D eigenvalue weighted by atomic mass is 19.1. The molecule has 14 nitrogen and oxygen atoms in total. The molecule has 5 unspecified atom stereocenters. The fourth-order valence-electron chi connectivity index (χ4n) is 12.5. The molecule has 0 saturated heterocycles. The zero-order valence-corrected chi connectivity index (χ0v) is 42.7. The fourth-order valence-corrected chi connectivity index (χ4v) is 12.5. The molecule has 77 heavy (non-hydrogen) atoms. The molecule has 0 N–H and O–H groups in total. The minimum absolute atomic E-state index is 0.0357. The number of esters is 2. The van der Waals surface area contributed by atoms with Crippen LogP contribution in [-0.4, -0.2) is 93.7 Å². The Morgan fingerprint density at radius 3 is 1.56 bits per heavy atom. The maximum Gasteiger partial charge on any atom is 0.355 e. The van der Waals surface area contributed by atoms with E-state index in [1.165, 1.54) is 95.6 Å². The number of carbonyl (C=O) groups excluding carboxylic acids is 6. The molecule has 12 rings (SSSR count). The van der Waals surface area contributed by atoms with Crippen LogP contribution in [-0.2, 0) is 52.6 Å². The summed E-state index contributed by atoms with van der Waals surface area (Å²) in [6.45, 7) is -0.188. The summed E-state index contributed by atoms with van der Waals surface area (Å²) in [7, 11) is 8.40. The number of allylic oxidation sites excluding steroid dienone is 1. The van der Waals surface area contributed by atoms with E-state index < -0.39 is 86.9 Å². The van der Waals surface area contributed by atoms with E-state index in [0.717, 1.165) is 20.3 Å². The highest BCUT2D eigenvalue weighted by Gasteiger charge is 2.76. The Morgan fingerprint density at radius 2 is 1.06 bits per heavy atom. The van der Waals surface area contributed by atoms with Gasteiger partial charge in [0, 0.05) is 59.1 Å². The highest BCUT2D eigenvalue weighted by Crippen LogP contribution is 2.68. The summed E-state index contributed by atoms with van der Waals surface area (Å²) in [4.78, 5) is 103. The standard InChI is InChI=1S/C61H50F2N4O10/c1-64(2)46-31-47-60(42-29-38(62)21-27-44(42)65(58(60)72)32-34-13-9-7-10-14-34)50(53(68)36-17-23-40(74-3)24-18-36)48(46)55-61(43-30-39(63)22-28-45(43)66(59(61)73)33-35-15-11-8-12-16-35)51(54(69)37-19-25-41(75-4)26-20-37)49(56(70)76-5)52(67(47)55)57(71)77-6/h7-31,47,50-51H,32-33H2,1-6H3. The lowest BCUT2D eigenvalue weighted by Gasteiger charge is -2.61. The molecule has 6 aromatic carbocycles. The van der Waals surface area contributed by atoms with Crippen LogP contribution < -0.4 is 19.3 Å². The molecular weight excluding hydrogens is 987 g/mol. The number of rotatable bonds is 13. The van der Waals surface area contributed by atoms with E-state index in [9.17, 15) is 0 Å². The van der Waals surface area contributed by atoms with Crippen molar-refractivity contribution >= 4 is 46.7 Å². The first-order valence-corrected chi connectivity index (χ1v) is 24.7. The Bertz CT molecular complexity index is 3580. The zero-order chi connectivity index (χ0) is 54.2. The van der Waals surface area contributed by atoms with Gasteiger partial charge < -0.3 is 38.5 Å². The molecule has 5 heterocycles. The van der Waals surface area contributed by atoms with Gasteiger partial charge in [-0.2, -0.15) is 0 Å². The zero-order valence-electron chi connectivity index (χ0n) is 42.7. The maximum atomic E-state index is 17.0. The number of halogens is 2. The average molecular weight is 1040 g/mol. The summed E-state index contributed by atoms with van der Waals surface area (Å²) < 4.78 is 55.3. The smallest absolute Gasteiger partial charge is 0.355 e. The number of ether oxygens (including phenoxy) is 4. The molecule has 6 aromatic rings. The second-order valence-corrected chi connectivity index (χ2v) is 19.6. The van der Waals surface area contributed by atoms with Gasteiger partial charge in [-0.05, 0) is 108 Å². The molecule has 16 heteroatoms. The van der Waals surface area contributed by atoms with Crippen molar-refractivity contribution in [1.82, 2.24) is 9.80 Å². The molecule has 0 fully saturated rings. The number of hydrogen-bond acceptors (Lipinski definition) is 12. The number of ketones is 2. The topological polar surface area (TPSA) is 152 Å². The van der Waals surface area contributed by atoms with Gasteiger partial charge in [0.05, 0.1) is 65.0 Å². The number of carbonyl (C=O) groups is 6. The number of amides is 2. The van der Waals surface area contributed by atoms with E-state index in [0.29, 0.717) is 22.6 Å². The predicted octanol–water partition coefficient (Wildman–Crippen LogP) is 8.26. The number of hydrogen-bond donors (Lipinski definition) is 0. The second-order valence-electron chi connectivity index (χ2n) is 19.6. The third kappa shape index (κ3) is 7.25. The van der Waals surface area contributed by atoms with Gasteiger partial charge in [0.2, 0.25) is 11.8 Å². The minimum Gasteiger partial charge on any atom is -0.497 e. The van der Waals surface area contributed by atoms with E-state index in [1.54, 1.807) is 79.7 Å². The van der Waals surface area contributed by atoms with Crippen molar-refractivity contribution in [3.63, 3.8) is 0 Å². The van der Waals surface area contributed by atoms with Crippen LogP contribution in [0.15, 0.2) is 180 Å². The van der Waals surface area contributed by atoms with Gasteiger partial charge in [-0.25, -0.2) is 18.4 Å². The fraction of sp³-hybridized carbons (Fsp3) is 0.213. The number of likely N-dealkylation sites (N-methyl/N-ethyl adjacent to an activating group) is 1. The minimum atomic E-state index is -2.58. The number of anilines is 2. The molecule has 388 valence electrons. The van der Waals surface area contributed by atoms with E-state index in [2.05, 4.69) is 0 Å². The molecule has 6 aliphatic rings. The molecule has 1 aliphatic carbocycles. The molecule has 2 bridgehead atoms. The summed E-state index contributed by atoms with van der Waals surface area (Å²) in [5.74, 6) is -10.1. The average Bonchev–Trinajstić information content (AvgIpc) is 2.96. The van der Waals surface area contributed by atoms with Crippen LogP contribution in [0.3, 0.4) is 0 Å². The number of Topliss-reactive ketones (excluding diaryl/α,β-unsaturated/α-hetero) is 2. The lowest BCUT2D eigenvalue weighted by atomic mass is 9.50. The van der Waals surface area contributed by atoms with Crippen molar-refractivity contribution in [3.8, 4) is 11.5 Å². The lowest BCUT2D eigenvalue weighted by molar-refractivity contribution is -0.143. The number of methoxy groups -OCH3 is 4. The van der Waals surface area contributed by atoms with Crippen LogP contribution >= 0.6 is 0 Å². The van der Waals surface area contributed by atoms with Gasteiger partial charge >= 0.3 is 11.9 Å². The summed E-state index contributed by atoms with van der Waals surface area (Å²) in [6.07, 6.45) is 1.65. The Labute approximate surface area is 442 Å². The molecule has 0 saturated carbocycles. The van der Waals surface area contributed by atoms with Crippen molar-refractivity contribution < 1.29 is 56.5 Å². The van der Waals surface area contributed by atoms with Crippen LogP contribution in [0.2, 0.25) is 0 Å². The molecule has 0 radical (unpaired) electrons. The molecule has 2 spiro atoms. The van der Waals surface area contributed by atoms with Crippen LogP contribution in [0.4, 0.5) is 20.2 Å². The predicted molar refractivity (Wildman–Crippen MR) is 279 cm³/mol. The molecule has 5 atom stereocenters. The summed E-state index contributed by atoms with van der Waals surface area (Å²) in [6, 6.07) is 36.1. The first kappa shape index (κ1) is 50.0. The number of benzene rings is 6. The third-order valence-electron chi connectivity index (χ3n) is 15.6. The van der Waals surface area contributed by atoms with Crippen molar-refractivity contribution in [1.29, 1.82) is 0 Å². The SMILES string of the molecule is COC(=O)C1=C(C(=O)OC)N2C(=C3C(N(C)C)=CC2C2(C(=O)N(Cc4ccccc4)c4ccc(F)cc42)C3C(=O)c2ccc(OC)cc2)C2(C(=O)N(Cc3ccccc3)c3ccc(F)cc32)C1C(=O)c1ccc(OC)cc1.